The van der Waals surface area contributed by atoms with Crippen molar-refractivity contribution < 1.29 is 13.2 Å². The van der Waals surface area contributed by atoms with Crippen molar-refractivity contribution in [2.24, 2.45) is 0 Å². The Kier molecular flexibility index (Phi) is 7.09. The van der Waals surface area contributed by atoms with Crippen molar-refractivity contribution in [1.82, 2.24) is 18.5 Å². The van der Waals surface area contributed by atoms with Crippen molar-refractivity contribution in [2.45, 2.75) is 44.6 Å². The molecule has 5 rings (SSSR count). The third kappa shape index (κ3) is 4.73. The molecule has 0 bridgehead atoms. The van der Waals surface area contributed by atoms with Crippen molar-refractivity contribution in [1.29, 1.82) is 0 Å². The van der Waals surface area contributed by atoms with Gasteiger partial charge in [0.05, 0.1) is 0 Å². The van der Waals surface area contributed by atoms with Crippen LogP contribution in [0.1, 0.15) is 54.7 Å². The zero-order valence-electron chi connectivity index (χ0n) is 22.6. The summed E-state index contributed by atoms with van der Waals surface area (Å²) in [5, 5.41) is 1.16. The van der Waals surface area contributed by atoms with Crippen LogP contribution in [0.15, 0.2) is 48.0 Å². The second-order valence-corrected chi connectivity index (χ2v) is 12.6. The van der Waals surface area contributed by atoms with Crippen LogP contribution in [0.3, 0.4) is 0 Å². The summed E-state index contributed by atoms with van der Waals surface area (Å²) in [4.78, 5) is 14.9. The molecule has 1 N–H and O–H groups in total. The molecule has 0 saturated heterocycles. The molecule has 2 aromatic carbocycles. The fraction of sp³-hybridized carbons (Fsp3) is 0.379. The number of rotatable bonds is 6. The molecule has 7 nitrogen and oxygen atoms in total. The summed E-state index contributed by atoms with van der Waals surface area (Å²) in [6.07, 6.45) is 7.99. The number of benzene rings is 2. The van der Waals surface area contributed by atoms with Gasteiger partial charge in [0.1, 0.15) is 0 Å². The van der Waals surface area contributed by atoms with Gasteiger partial charge in [0.2, 0.25) is 0 Å². The van der Waals surface area contributed by atoms with E-state index in [0.717, 1.165) is 44.9 Å². The van der Waals surface area contributed by atoms with E-state index in [-0.39, 0.29) is 5.91 Å². The van der Waals surface area contributed by atoms with Crippen LogP contribution in [0.5, 0.6) is 0 Å². The Labute approximate surface area is 226 Å². The number of carbonyl (C=O) groups is 1. The number of fused-ring (bicyclic) bond motifs is 5. The predicted octanol–water partition coefficient (Wildman–Crippen LogP) is 3.62. The summed E-state index contributed by atoms with van der Waals surface area (Å²) in [5.41, 5.74) is 7.37. The summed E-state index contributed by atoms with van der Waals surface area (Å²) in [7, 11) is 6.87. The van der Waals surface area contributed by atoms with Crippen LogP contribution in [0, 0.1) is 0 Å². The van der Waals surface area contributed by atoms with E-state index in [1.165, 1.54) is 38.9 Å². The summed E-state index contributed by atoms with van der Waals surface area (Å²) < 4.78 is 30.9. The molecule has 1 amide bonds. The SMILES string of the molecule is B=C(NS(=O)(=O)N(C)C)c1ccc2c(C3CCCCC3)c3n(c2c1)CC(C(=O)N(C)C)=Cc1ccccc1-3. The minimum absolute atomic E-state index is 0.0203. The molecule has 38 heavy (non-hydrogen) atoms. The molecule has 3 aromatic rings. The van der Waals surface area contributed by atoms with E-state index < -0.39 is 10.2 Å². The molecule has 2 heterocycles. The molecular weight excluding hydrogens is 495 g/mol. The monoisotopic (exact) mass is 530 g/mol. The van der Waals surface area contributed by atoms with E-state index in [1.807, 2.05) is 24.3 Å². The van der Waals surface area contributed by atoms with Crippen LogP contribution in [0.4, 0.5) is 0 Å². The van der Waals surface area contributed by atoms with Gasteiger partial charge in [-0.1, -0.05) is 0 Å². The molecule has 0 atom stereocenters. The first-order valence-corrected chi connectivity index (χ1v) is 14.6. The first-order chi connectivity index (χ1) is 18.1. The van der Waals surface area contributed by atoms with Crippen molar-refractivity contribution in [3.63, 3.8) is 0 Å². The van der Waals surface area contributed by atoms with Gasteiger partial charge in [-0.2, -0.15) is 0 Å². The first-order valence-electron chi connectivity index (χ1n) is 13.2. The van der Waals surface area contributed by atoms with Gasteiger partial charge in [0.25, 0.3) is 0 Å². The molecular formula is C29H35BN4O3S. The number of hydrogen-bond donors (Lipinski definition) is 1. The van der Waals surface area contributed by atoms with Gasteiger partial charge in [-0.3, -0.25) is 0 Å². The number of hydrogen-bond acceptors (Lipinski definition) is 3. The summed E-state index contributed by atoms with van der Waals surface area (Å²) in [6, 6.07) is 14.4. The van der Waals surface area contributed by atoms with Gasteiger partial charge in [-0.25, -0.2) is 0 Å². The third-order valence-corrected chi connectivity index (χ3v) is 9.22. The van der Waals surface area contributed by atoms with E-state index in [2.05, 4.69) is 41.0 Å². The second-order valence-electron chi connectivity index (χ2n) is 10.7. The Balaban J connectivity index is 1.75. The Bertz CT molecular complexity index is 1560. The molecule has 198 valence electrons. The van der Waals surface area contributed by atoms with Gasteiger partial charge >= 0.3 is 227 Å². The average molecular weight is 531 g/mol. The maximum atomic E-state index is 13.3. The quantitative estimate of drug-likeness (QED) is 0.495. The number of carbonyl (C=O) groups excluding carboxylic acids is 1. The van der Waals surface area contributed by atoms with Crippen molar-refractivity contribution >= 4 is 46.2 Å². The molecule has 1 aliphatic carbocycles. The average Bonchev–Trinajstić information content (AvgIpc) is 3.10. The van der Waals surface area contributed by atoms with E-state index >= 15 is 0 Å². The molecule has 1 saturated carbocycles. The van der Waals surface area contributed by atoms with Crippen molar-refractivity contribution in [2.75, 3.05) is 28.2 Å². The molecule has 2 aliphatic rings. The van der Waals surface area contributed by atoms with Gasteiger partial charge in [0, 0.05) is 0 Å². The van der Waals surface area contributed by atoms with Crippen LogP contribution >= 0.6 is 0 Å². The zero-order chi connectivity index (χ0) is 27.2. The van der Waals surface area contributed by atoms with Gasteiger partial charge in [-0.05, 0) is 0 Å². The molecule has 0 radical (unpaired) electrons. The van der Waals surface area contributed by atoms with Crippen molar-refractivity contribution in [3.05, 3.63) is 64.7 Å². The minimum atomic E-state index is -3.69. The Morgan fingerprint density at radius 3 is 2.42 bits per heavy atom. The zero-order valence-corrected chi connectivity index (χ0v) is 23.4. The standard InChI is InChI=1S/C29H35BN4O3S/c1-32(2)29(35)22-16-20-12-8-9-13-23(20)27-26(19-10-6-5-7-11-19)24-15-14-21(17-25(24)34(27)18-22)28(30)31-38(36,37)33(3)4/h8-9,12-17,19,30-31H,5-7,10-11,18H2,1-4H3. The van der Waals surface area contributed by atoms with Crippen LogP contribution < -0.4 is 4.72 Å². The number of aromatic nitrogens is 1. The Hall–Kier alpha value is -3.17. The Morgan fingerprint density at radius 1 is 1.03 bits per heavy atom. The van der Waals surface area contributed by atoms with Gasteiger partial charge in [0.15, 0.2) is 0 Å². The summed E-state index contributed by atoms with van der Waals surface area (Å²) >= 11 is 0. The van der Waals surface area contributed by atoms with Crippen molar-refractivity contribution in [3.8, 4) is 11.3 Å². The predicted molar refractivity (Wildman–Crippen MR) is 157 cm³/mol. The van der Waals surface area contributed by atoms with Crippen LogP contribution in [0.2, 0.25) is 0 Å². The fourth-order valence-corrected chi connectivity index (χ4v) is 6.40. The number of nitrogens with zero attached hydrogens (tertiary/aromatic N) is 3. The molecule has 0 spiro atoms. The van der Waals surface area contributed by atoms with E-state index in [9.17, 15) is 13.2 Å². The molecule has 1 fully saturated rings. The Morgan fingerprint density at radius 2 is 1.74 bits per heavy atom. The van der Waals surface area contributed by atoms with Crippen LogP contribution in [0.25, 0.3) is 28.2 Å². The molecule has 1 aliphatic heterocycles. The molecule has 1 aromatic heterocycles. The maximum absolute atomic E-state index is 13.3. The number of nitrogens with one attached hydrogen (secondary N) is 1. The fourth-order valence-electron chi connectivity index (χ4n) is 5.79. The van der Waals surface area contributed by atoms with Gasteiger partial charge < -0.3 is 0 Å². The number of amides is 1. The summed E-state index contributed by atoms with van der Waals surface area (Å²) in [6.45, 7) is 0.434. The topological polar surface area (TPSA) is 74.6 Å². The second kappa shape index (κ2) is 10.2. The van der Waals surface area contributed by atoms with Crippen LogP contribution in [-0.2, 0) is 21.5 Å². The van der Waals surface area contributed by atoms with Gasteiger partial charge in [-0.15, -0.1) is 0 Å². The van der Waals surface area contributed by atoms with E-state index in [0.29, 0.717) is 29.2 Å². The first kappa shape index (κ1) is 26.4. The normalized spacial score (nSPS) is 15.9. The van der Waals surface area contributed by atoms with E-state index in [1.54, 1.807) is 19.0 Å². The number of likely N-dealkylation sites (N-methyl/N-ethyl adjacent to an activating group) is 1. The molecule has 9 heteroatoms. The van der Waals surface area contributed by atoms with Crippen LogP contribution in [-0.4, -0.2) is 69.4 Å². The van der Waals surface area contributed by atoms with E-state index in [4.69, 9.17) is 0 Å². The summed E-state index contributed by atoms with van der Waals surface area (Å²) in [5.74, 6) is 0.413. The third-order valence-electron chi connectivity index (χ3n) is 7.75. The molecule has 0 unspecified atom stereocenters.